The van der Waals surface area contributed by atoms with Gasteiger partial charge in [0, 0.05) is 23.5 Å². The fraction of sp³-hybridized carbons (Fsp3) is 0.208. The Hall–Kier alpha value is -3.32. The zero-order chi connectivity index (χ0) is 22.0. The lowest BCUT2D eigenvalue weighted by Crippen LogP contribution is -2.29. The molecule has 4 rings (SSSR count). The standard InChI is InChI=1S/C24H24N2O4S/c1-3-17-8-11-20(12-9-17)25-31(28,29)23-16-19(10-13-22(23)30-2)24(27)26-15-14-18-6-4-5-7-21(18)26/h4-13,16,25H,3,14-15H2,1-2H3. The van der Waals surface area contributed by atoms with E-state index in [-0.39, 0.29) is 16.6 Å². The number of aryl methyl sites for hydroxylation is 1. The molecular weight excluding hydrogens is 412 g/mol. The fourth-order valence-electron chi connectivity index (χ4n) is 3.74. The number of anilines is 2. The van der Waals surface area contributed by atoms with Crippen molar-refractivity contribution in [3.8, 4) is 5.75 Å². The van der Waals surface area contributed by atoms with E-state index in [0.29, 0.717) is 17.8 Å². The molecule has 0 saturated carbocycles. The highest BCUT2D eigenvalue weighted by Gasteiger charge is 2.28. The number of benzene rings is 3. The molecule has 1 aliphatic rings. The Morgan fingerprint density at radius 3 is 2.52 bits per heavy atom. The molecule has 0 aromatic heterocycles. The van der Waals surface area contributed by atoms with E-state index in [1.54, 1.807) is 23.1 Å². The van der Waals surface area contributed by atoms with Crippen LogP contribution in [0.2, 0.25) is 0 Å². The van der Waals surface area contributed by atoms with Gasteiger partial charge in [0.2, 0.25) is 0 Å². The topological polar surface area (TPSA) is 75.7 Å². The molecule has 1 N–H and O–H groups in total. The second-order valence-electron chi connectivity index (χ2n) is 7.36. The number of rotatable bonds is 6. The molecule has 0 radical (unpaired) electrons. The summed E-state index contributed by atoms with van der Waals surface area (Å²) in [5.41, 5.74) is 3.82. The minimum absolute atomic E-state index is 0.0760. The largest absolute Gasteiger partial charge is 0.495 e. The number of sulfonamides is 1. The molecule has 0 atom stereocenters. The van der Waals surface area contributed by atoms with Crippen LogP contribution in [-0.4, -0.2) is 28.0 Å². The van der Waals surface area contributed by atoms with Crippen molar-refractivity contribution in [1.29, 1.82) is 0 Å². The van der Waals surface area contributed by atoms with Gasteiger partial charge in [-0.15, -0.1) is 0 Å². The van der Waals surface area contributed by atoms with E-state index in [2.05, 4.69) is 4.72 Å². The van der Waals surface area contributed by atoms with Gasteiger partial charge in [0.15, 0.2) is 0 Å². The number of nitrogens with one attached hydrogen (secondary N) is 1. The lowest BCUT2D eigenvalue weighted by molar-refractivity contribution is 0.0989. The lowest BCUT2D eigenvalue weighted by Gasteiger charge is -2.19. The van der Waals surface area contributed by atoms with Gasteiger partial charge in [0.1, 0.15) is 10.6 Å². The Morgan fingerprint density at radius 2 is 1.81 bits per heavy atom. The molecule has 1 heterocycles. The first-order valence-electron chi connectivity index (χ1n) is 10.1. The summed E-state index contributed by atoms with van der Waals surface area (Å²) < 4.78 is 34.1. The Balaban J connectivity index is 1.66. The number of hydrogen-bond acceptors (Lipinski definition) is 4. The van der Waals surface area contributed by atoms with Gasteiger partial charge in [-0.2, -0.15) is 0 Å². The predicted octanol–water partition coefficient (Wildman–Crippen LogP) is 4.26. The molecular formula is C24H24N2O4S. The summed E-state index contributed by atoms with van der Waals surface area (Å²) >= 11 is 0. The van der Waals surface area contributed by atoms with Crippen LogP contribution in [0.5, 0.6) is 5.75 Å². The number of nitrogens with zero attached hydrogens (tertiary/aromatic N) is 1. The van der Waals surface area contributed by atoms with E-state index in [1.165, 1.54) is 19.2 Å². The van der Waals surface area contributed by atoms with Crippen molar-refractivity contribution < 1.29 is 17.9 Å². The smallest absolute Gasteiger partial charge is 0.265 e. The summed E-state index contributed by atoms with van der Waals surface area (Å²) in [4.78, 5) is 14.8. The second kappa shape index (κ2) is 8.43. The third-order valence-corrected chi connectivity index (χ3v) is 6.85. The Bertz CT molecular complexity index is 1220. The third kappa shape index (κ3) is 4.14. The van der Waals surface area contributed by atoms with Gasteiger partial charge in [0.05, 0.1) is 7.11 Å². The van der Waals surface area contributed by atoms with Crippen molar-refractivity contribution in [2.45, 2.75) is 24.7 Å². The average molecular weight is 437 g/mol. The average Bonchev–Trinajstić information content (AvgIpc) is 3.22. The molecule has 1 aliphatic heterocycles. The first-order chi connectivity index (χ1) is 14.9. The summed E-state index contributed by atoms with van der Waals surface area (Å²) in [7, 11) is -2.56. The number of hydrogen-bond donors (Lipinski definition) is 1. The van der Waals surface area contributed by atoms with Gasteiger partial charge in [-0.3, -0.25) is 9.52 Å². The van der Waals surface area contributed by atoms with Crippen molar-refractivity contribution in [3.05, 3.63) is 83.4 Å². The summed E-state index contributed by atoms with van der Waals surface area (Å²) in [5, 5.41) is 0. The van der Waals surface area contributed by atoms with Gasteiger partial charge >= 0.3 is 0 Å². The Morgan fingerprint density at radius 1 is 1.06 bits per heavy atom. The van der Waals surface area contributed by atoms with Crippen molar-refractivity contribution >= 4 is 27.3 Å². The lowest BCUT2D eigenvalue weighted by atomic mass is 10.1. The van der Waals surface area contributed by atoms with Gasteiger partial charge in [-0.25, -0.2) is 8.42 Å². The van der Waals surface area contributed by atoms with Crippen LogP contribution in [0.3, 0.4) is 0 Å². The summed E-state index contributed by atoms with van der Waals surface area (Å²) in [6, 6.07) is 19.4. The van der Waals surface area contributed by atoms with Gasteiger partial charge in [0.25, 0.3) is 15.9 Å². The molecule has 160 valence electrons. The van der Waals surface area contributed by atoms with E-state index in [1.807, 2.05) is 43.3 Å². The molecule has 0 bridgehead atoms. The molecule has 3 aromatic rings. The number of carbonyl (C=O) groups is 1. The van der Waals surface area contributed by atoms with Crippen LogP contribution < -0.4 is 14.4 Å². The zero-order valence-corrected chi connectivity index (χ0v) is 18.3. The number of para-hydroxylation sites is 1. The Kier molecular flexibility index (Phi) is 5.69. The molecule has 0 saturated heterocycles. The second-order valence-corrected chi connectivity index (χ2v) is 9.01. The zero-order valence-electron chi connectivity index (χ0n) is 17.5. The van der Waals surface area contributed by atoms with Crippen LogP contribution in [0.15, 0.2) is 71.6 Å². The summed E-state index contributed by atoms with van der Waals surface area (Å²) in [6.07, 6.45) is 1.64. The van der Waals surface area contributed by atoms with E-state index >= 15 is 0 Å². The van der Waals surface area contributed by atoms with Gasteiger partial charge in [-0.1, -0.05) is 37.3 Å². The molecule has 3 aromatic carbocycles. The van der Waals surface area contributed by atoms with Crippen LogP contribution >= 0.6 is 0 Å². The Labute approximate surface area is 182 Å². The minimum atomic E-state index is -3.96. The maximum atomic E-state index is 13.2. The highest BCUT2D eigenvalue weighted by molar-refractivity contribution is 7.92. The van der Waals surface area contributed by atoms with E-state index in [4.69, 9.17) is 4.74 Å². The van der Waals surface area contributed by atoms with Gasteiger partial charge in [-0.05, 0) is 60.4 Å². The van der Waals surface area contributed by atoms with Crippen LogP contribution in [0.1, 0.15) is 28.4 Å². The monoisotopic (exact) mass is 436 g/mol. The molecule has 6 nitrogen and oxygen atoms in total. The third-order valence-electron chi connectivity index (χ3n) is 5.45. The molecule has 0 unspecified atom stereocenters. The van der Waals surface area contributed by atoms with Crippen LogP contribution in [0.25, 0.3) is 0 Å². The first-order valence-corrected chi connectivity index (χ1v) is 11.6. The minimum Gasteiger partial charge on any atom is -0.495 e. The maximum Gasteiger partial charge on any atom is 0.265 e. The van der Waals surface area contributed by atoms with Crippen molar-refractivity contribution in [2.24, 2.45) is 0 Å². The van der Waals surface area contributed by atoms with E-state index in [0.717, 1.165) is 29.7 Å². The van der Waals surface area contributed by atoms with Crippen molar-refractivity contribution in [3.63, 3.8) is 0 Å². The SMILES string of the molecule is CCc1ccc(NS(=O)(=O)c2cc(C(=O)N3CCc4ccccc43)ccc2OC)cc1. The van der Waals surface area contributed by atoms with Crippen molar-refractivity contribution in [2.75, 3.05) is 23.3 Å². The molecule has 31 heavy (non-hydrogen) atoms. The molecule has 0 spiro atoms. The quantitative estimate of drug-likeness (QED) is 0.626. The molecule has 1 amide bonds. The number of methoxy groups -OCH3 is 1. The van der Waals surface area contributed by atoms with E-state index in [9.17, 15) is 13.2 Å². The first kappa shape index (κ1) is 20.9. The van der Waals surface area contributed by atoms with Crippen LogP contribution in [0.4, 0.5) is 11.4 Å². The molecule has 0 fully saturated rings. The number of ether oxygens (including phenoxy) is 1. The maximum absolute atomic E-state index is 13.2. The summed E-state index contributed by atoms with van der Waals surface area (Å²) in [5.74, 6) is -0.0626. The van der Waals surface area contributed by atoms with Crippen LogP contribution in [0, 0.1) is 0 Å². The van der Waals surface area contributed by atoms with Gasteiger partial charge < -0.3 is 9.64 Å². The normalized spacial score (nSPS) is 13.0. The number of fused-ring (bicyclic) bond motifs is 1. The van der Waals surface area contributed by atoms with Crippen molar-refractivity contribution in [1.82, 2.24) is 0 Å². The fourth-order valence-corrected chi connectivity index (χ4v) is 5.00. The predicted molar refractivity (Wildman–Crippen MR) is 121 cm³/mol. The van der Waals surface area contributed by atoms with E-state index < -0.39 is 10.0 Å². The molecule has 0 aliphatic carbocycles. The number of carbonyl (C=O) groups excluding carboxylic acids is 1. The number of amides is 1. The highest BCUT2D eigenvalue weighted by atomic mass is 32.2. The van der Waals surface area contributed by atoms with Crippen LogP contribution in [-0.2, 0) is 22.9 Å². The summed E-state index contributed by atoms with van der Waals surface area (Å²) in [6.45, 7) is 2.60. The highest BCUT2D eigenvalue weighted by Crippen LogP contribution is 2.31. The molecule has 7 heteroatoms.